The Morgan fingerprint density at radius 3 is 2.84 bits per heavy atom. The van der Waals surface area contributed by atoms with Crippen molar-refractivity contribution in [1.82, 2.24) is 4.98 Å². The Morgan fingerprint density at radius 2 is 2.11 bits per heavy atom. The molecule has 1 aromatic carbocycles. The first-order valence-electron chi connectivity index (χ1n) is 6.09. The van der Waals surface area contributed by atoms with Gasteiger partial charge in [-0.2, -0.15) is 0 Å². The van der Waals surface area contributed by atoms with Gasteiger partial charge >= 0.3 is 0 Å². The largest absolute Gasteiger partial charge is 0.492 e. The molecule has 0 amide bonds. The lowest BCUT2D eigenvalue weighted by Crippen LogP contribution is -2.05. The molecule has 0 saturated heterocycles. The lowest BCUT2D eigenvalue weighted by molar-refractivity contribution is 0.103. The third kappa shape index (κ3) is 3.53. The Morgan fingerprint density at radius 1 is 1.32 bits per heavy atom. The highest BCUT2D eigenvalue weighted by Crippen LogP contribution is 2.18. The molecule has 0 bridgehead atoms. The van der Waals surface area contributed by atoms with Crippen LogP contribution < -0.4 is 4.74 Å². The monoisotopic (exact) mass is 367 g/mol. The van der Waals surface area contributed by atoms with Crippen molar-refractivity contribution < 1.29 is 9.53 Å². The van der Waals surface area contributed by atoms with E-state index in [4.69, 9.17) is 4.74 Å². The fourth-order valence-electron chi connectivity index (χ4n) is 1.64. The number of aromatic nitrogens is 1. The van der Waals surface area contributed by atoms with Crippen molar-refractivity contribution in [3.05, 3.63) is 57.4 Å². The van der Waals surface area contributed by atoms with Gasteiger partial charge in [-0.25, -0.2) is 0 Å². The minimum absolute atomic E-state index is 0.0283. The van der Waals surface area contributed by atoms with Gasteiger partial charge in [0.1, 0.15) is 5.75 Å². The highest BCUT2D eigenvalue weighted by atomic mass is 127. The van der Waals surface area contributed by atoms with E-state index >= 15 is 0 Å². The van der Waals surface area contributed by atoms with E-state index in [1.54, 1.807) is 18.5 Å². The second-order valence-corrected chi connectivity index (χ2v) is 5.23. The van der Waals surface area contributed by atoms with Crippen LogP contribution in [0.3, 0.4) is 0 Å². The number of ketones is 1. The normalized spacial score (nSPS) is 10.2. The molecule has 0 atom stereocenters. The number of nitrogens with zero attached hydrogens (tertiary/aromatic N) is 1. The second-order valence-electron chi connectivity index (χ2n) is 4.07. The van der Waals surface area contributed by atoms with Gasteiger partial charge in [0.05, 0.1) is 12.8 Å². The Bertz CT molecular complexity index is 584. The minimum Gasteiger partial charge on any atom is -0.492 e. The predicted molar refractivity (Wildman–Crippen MR) is 82.6 cm³/mol. The number of rotatable bonds is 5. The quantitative estimate of drug-likeness (QED) is 0.598. The molecule has 3 nitrogen and oxygen atoms in total. The molecule has 0 aliphatic heterocycles. The summed E-state index contributed by atoms with van der Waals surface area (Å²) >= 11 is 2.16. The van der Waals surface area contributed by atoms with Crippen LogP contribution in [0.25, 0.3) is 0 Å². The van der Waals surface area contributed by atoms with E-state index in [2.05, 4.69) is 27.6 Å². The van der Waals surface area contributed by atoms with Crippen molar-refractivity contribution in [3.63, 3.8) is 0 Å². The van der Waals surface area contributed by atoms with Crippen LogP contribution in [0, 0.1) is 3.57 Å². The van der Waals surface area contributed by atoms with E-state index in [0.29, 0.717) is 23.5 Å². The van der Waals surface area contributed by atoms with Crippen LogP contribution in [0.1, 0.15) is 29.3 Å². The zero-order valence-corrected chi connectivity index (χ0v) is 12.8. The van der Waals surface area contributed by atoms with Gasteiger partial charge in [0, 0.05) is 20.9 Å². The molecular formula is C15H14INO2. The molecule has 4 heteroatoms. The van der Waals surface area contributed by atoms with Crippen LogP contribution in [0.5, 0.6) is 5.75 Å². The molecule has 1 aromatic heterocycles. The molecule has 19 heavy (non-hydrogen) atoms. The molecule has 98 valence electrons. The average Bonchev–Trinajstić information content (AvgIpc) is 2.45. The summed E-state index contributed by atoms with van der Waals surface area (Å²) in [5.41, 5.74) is 1.25. The average molecular weight is 367 g/mol. The van der Waals surface area contributed by atoms with Crippen LogP contribution in [0.4, 0.5) is 0 Å². The van der Waals surface area contributed by atoms with Crippen molar-refractivity contribution in [1.29, 1.82) is 0 Å². The SMILES string of the molecule is CCCOc1cncc(C(=O)c2ccccc2I)c1. The van der Waals surface area contributed by atoms with E-state index in [0.717, 1.165) is 9.99 Å². The number of ether oxygens (including phenoxy) is 1. The molecule has 1 heterocycles. The lowest BCUT2D eigenvalue weighted by Gasteiger charge is -2.07. The molecule has 2 aromatic rings. The first-order chi connectivity index (χ1) is 9.22. The predicted octanol–water partition coefficient (Wildman–Crippen LogP) is 3.71. The molecule has 0 fully saturated rings. The summed E-state index contributed by atoms with van der Waals surface area (Å²) in [5, 5.41) is 0. The van der Waals surface area contributed by atoms with Crippen molar-refractivity contribution >= 4 is 28.4 Å². The fourth-order valence-corrected chi connectivity index (χ4v) is 2.28. The Hall–Kier alpha value is -1.43. The van der Waals surface area contributed by atoms with Gasteiger partial charge in [-0.15, -0.1) is 0 Å². The van der Waals surface area contributed by atoms with Gasteiger partial charge in [-0.3, -0.25) is 9.78 Å². The maximum atomic E-state index is 12.4. The molecule has 0 spiro atoms. The zero-order chi connectivity index (χ0) is 13.7. The third-order valence-corrected chi connectivity index (χ3v) is 3.51. The minimum atomic E-state index is -0.0283. The van der Waals surface area contributed by atoms with Gasteiger partial charge in [0.2, 0.25) is 0 Å². The Kier molecular flexibility index (Phi) is 4.90. The molecule has 0 aliphatic rings. The summed E-state index contributed by atoms with van der Waals surface area (Å²) < 4.78 is 6.43. The molecule has 2 rings (SSSR count). The summed E-state index contributed by atoms with van der Waals surface area (Å²) in [4.78, 5) is 16.5. The van der Waals surface area contributed by atoms with E-state index < -0.39 is 0 Å². The van der Waals surface area contributed by atoms with Crippen LogP contribution >= 0.6 is 22.6 Å². The van der Waals surface area contributed by atoms with E-state index in [1.807, 2.05) is 31.2 Å². The van der Waals surface area contributed by atoms with Crippen LogP contribution in [-0.4, -0.2) is 17.4 Å². The van der Waals surface area contributed by atoms with Gasteiger partial charge in [-0.05, 0) is 47.2 Å². The zero-order valence-electron chi connectivity index (χ0n) is 10.6. The van der Waals surface area contributed by atoms with Crippen molar-refractivity contribution in [2.75, 3.05) is 6.61 Å². The summed E-state index contributed by atoms with van der Waals surface area (Å²) in [6.07, 6.45) is 4.13. The lowest BCUT2D eigenvalue weighted by atomic mass is 10.1. The number of carbonyl (C=O) groups is 1. The summed E-state index contributed by atoms with van der Waals surface area (Å²) in [6.45, 7) is 2.66. The smallest absolute Gasteiger partial charge is 0.195 e. The standard InChI is InChI=1S/C15H14INO2/c1-2-7-19-12-8-11(9-17-10-12)15(18)13-5-3-4-6-14(13)16/h3-6,8-10H,2,7H2,1H3. The number of hydrogen-bond donors (Lipinski definition) is 0. The van der Waals surface area contributed by atoms with Crippen molar-refractivity contribution in [3.8, 4) is 5.75 Å². The molecule has 0 aliphatic carbocycles. The van der Waals surface area contributed by atoms with Gasteiger partial charge < -0.3 is 4.74 Å². The van der Waals surface area contributed by atoms with E-state index in [1.165, 1.54) is 0 Å². The highest BCUT2D eigenvalue weighted by molar-refractivity contribution is 14.1. The number of halogens is 1. The van der Waals surface area contributed by atoms with Crippen molar-refractivity contribution in [2.45, 2.75) is 13.3 Å². The summed E-state index contributed by atoms with van der Waals surface area (Å²) in [7, 11) is 0. The van der Waals surface area contributed by atoms with E-state index in [9.17, 15) is 4.79 Å². The molecule has 0 radical (unpaired) electrons. The molecule has 0 saturated carbocycles. The van der Waals surface area contributed by atoms with Crippen LogP contribution in [-0.2, 0) is 0 Å². The molecule has 0 N–H and O–H groups in total. The topological polar surface area (TPSA) is 39.2 Å². The van der Waals surface area contributed by atoms with E-state index in [-0.39, 0.29) is 5.78 Å². The highest BCUT2D eigenvalue weighted by Gasteiger charge is 2.13. The Labute approximate surface area is 126 Å². The van der Waals surface area contributed by atoms with Crippen LogP contribution in [0.15, 0.2) is 42.7 Å². The molecule has 0 unspecified atom stereocenters. The number of carbonyl (C=O) groups excluding carboxylic acids is 1. The fraction of sp³-hybridized carbons (Fsp3) is 0.200. The number of hydrogen-bond acceptors (Lipinski definition) is 3. The van der Waals surface area contributed by atoms with Gasteiger partial charge in [0.25, 0.3) is 0 Å². The first-order valence-corrected chi connectivity index (χ1v) is 7.17. The Balaban J connectivity index is 2.27. The maximum Gasteiger partial charge on any atom is 0.195 e. The van der Waals surface area contributed by atoms with Gasteiger partial charge in [0.15, 0.2) is 5.78 Å². The number of pyridine rings is 1. The number of benzene rings is 1. The summed E-state index contributed by atoms with van der Waals surface area (Å²) in [5.74, 6) is 0.609. The second kappa shape index (κ2) is 6.65. The first kappa shape index (κ1) is 14.0. The van der Waals surface area contributed by atoms with Crippen molar-refractivity contribution in [2.24, 2.45) is 0 Å². The maximum absolute atomic E-state index is 12.4. The molecular weight excluding hydrogens is 353 g/mol. The van der Waals surface area contributed by atoms with Gasteiger partial charge in [-0.1, -0.05) is 19.1 Å². The van der Waals surface area contributed by atoms with Crippen LogP contribution in [0.2, 0.25) is 0 Å². The third-order valence-electron chi connectivity index (χ3n) is 2.57. The summed E-state index contributed by atoms with van der Waals surface area (Å²) in [6, 6.07) is 9.26.